The second-order valence-corrected chi connectivity index (χ2v) is 14.8. The van der Waals surface area contributed by atoms with Crippen molar-refractivity contribution in [2.45, 2.75) is 39.0 Å². The highest BCUT2D eigenvalue weighted by molar-refractivity contribution is 6.40. The molecule has 9 aromatic carbocycles. The first-order valence-corrected chi connectivity index (χ1v) is 19.1. The van der Waals surface area contributed by atoms with Crippen LogP contribution in [-0.4, -0.2) is 0 Å². The summed E-state index contributed by atoms with van der Waals surface area (Å²) in [4.78, 5) is 2.50. The first-order chi connectivity index (χ1) is 26.2. The van der Waals surface area contributed by atoms with Gasteiger partial charge in [-0.2, -0.15) is 0 Å². The number of rotatable bonds is 6. The Morgan fingerprint density at radius 3 is 1.58 bits per heavy atom. The van der Waals surface area contributed by atoms with E-state index in [1.54, 1.807) is 5.57 Å². The van der Waals surface area contributed by atoms with Gasteiger partial charge < -0.3 is 4.90 Å². The lowest BCUT2D eigenvalue weighted by Crippen LogP contribution is -2.11. The Balaban J connectivity index is 1.21. The zero-order valence-electron chi connectivity index (χ0n) is 30.1. The molecule has 254 valence electrons. The number of nitrogens with zero attached hydrogens (tertiary/aromatic N) is 1. The lowest BCUT2D eigenvalue weighted by atomic mass is 9.86. The summed E-state index contributed by atoms with van der Waals surface area (Å²) in [6.45, 7) is 2.13. The Hall–Kier alpha value is -6.18. The molecule has 53 heavy (non-hydrogen) atoms. The topological polar surface area (TPSA) is 3.24 Å². The minimum Gasteiger partial charge on any atom is -0.309 e. The van der Waals surface area contributed by atoms with Gasteiger partial charge in [0.25, 0.3) is 0 Å². The lowest BCUT2D eigenvalue weighted by Gasteiger charge is -2.30. The molecule has 1 aliphatic carbocycles. The van der Waals surface area contributed by atoms with Gasteiger partial charge in [-0.1, -0.05) is 163 Å². The largest absolute Gasteiger partial charge is 0.309 e. The van der Waals surface area contributed by atoms with Crippen molar-refractivity contribution in [1.82, 2.24) is 0 Å². The van der Waals surface area contributed by atoms with Crippen molar-refractivity contribution in [3.05, 3.63) is 179 Å². The number of anilines is 3. The van der Waals surface area contributed by atoms with Crippen LogP contribution < -0.4 is 4.90 Å². The van der Waals surface area contributed by atoms with Crippen molar-refractivity contribution in [2.24, 2.45) is 0 Å². The van der Waals surface area contributed by atoms with E-state index in [1.165, 1.54) is 114 Å². The maximum atomic E-state index is 2.50. The highest BCUT2D eigenvalue weighted by Gasteiger charge is 2.23. The number of benzene rings is 9. The average molecular weight is 680 g/mol. The van der Waals surface area contributed by atoms with Crippen molar-refractivity contribution in [1.29, 1.82) is 0 Å². The smallest absolute Gasteiger partial charge is 0.0619 e. The molecule has 0 N–H and O–H groups in total. The van der Waals surface area contributed by atoms with Crippen LogP contribution in [0.3, 0.4) is 0 Å². The fourth-order valence-electron chi connectivity index (χ4n) is 8.84. The van der Waals surface area contributed by atoms with Gasteiger partial charge >= 0.3 is 0 Å². The summed E-state index contributed by atoms with van der Waals surface area (Å²) in [5.74, 6) is 0. The van der Waals surface area contributed by atoms with Gasteiger partial charge in [0.2, 0.25) is 0 Å². The Kier molecular flexibility index (Phi) is 7.80. The summed E-state index contributed by atoms with van der Waals surface area (Å²) in [5.41, 5.74) is 10.0. The second kappa shape index (κ2) is 13.1. The van der Waals surface area contributed by atoms with Crippen LogP contribution in [0, 0.1) is 6.92 Å². The molecule has 9 aromatic rings. The Morgan fingerprint density at radius 2 is 0.906 bits per heavy atom. The van der Waals surface area contributed by atoms with Crippen LogP contribution in [0.5, 0.6) is 0 Å². The van der Waals surface area contributed by atoms with E-state index in [-0.39, 0.29) is 0 Å². The molecule has 0 saturated heterocycles. The summed E-state index contributed by atoms with van der Waals surface area (Å²) in [6, 6.07) is 56.5. The highest BCUT2D eigenvalue weighted by atomic mass is 15.1. The first kappa shape index (κ1) is 31.5. The predicted molar refractivity (Wildman–Crippen MR) is 231 cm³/mol. The molecular formula is C52H41N. The summed E-state index contributed by atoms with van der Waals surface area (Å²) >= 11 is 0. The van der Waals surface area contributed by atoms with Crippen LogP contribution in [0.15, 0.2) is 157 Å². The third-order valence-electron chi connectivity index (χ3n) is 11.4. The highest BCUT2D eigenvalue weighted by Crippen LogP contribution is 2.50. The van der Waals surface area contributed by atoms with Crippen molar-refractivity contribution in [3.8, 4) is 0 Å². The van der Waals surface area contributed by atoms with Crippen LogP contribution in [-0.2, 0) is 0 Å². The molecule has 1 fully saturated rings. The van der Waals surface area contributed by atoms with Gasteiger partial charge in [-0.15, -0.1) is 0 Å². The zero-order chi connectivity index (χ0) is 35.3. The van der Waals surface area contributed by atoms with Gasteiger partial charge in [0, 0.05) is 27.5 Å². The molecule has 10 rings (SSSR count). The molecule has 0 unspecified atom stereocenters. The van der Waals surface area contributed by atoms with Crippen LogP contribution >= 0.6 is 0 Å². The summed E-state index contributed by atoms with van der Waals surface area (Å²) in [7, 11) is 0. The predicted octanol–water partition coefficient (Wildman–Crippen LogP) is 15.2. The molecule has 0 heterocycles. The van der Waals surface area contributed by atoms with E-state index in [4.69, 9.17) is 0 Å². The lowest BCUT2D eigenvalue weighted by molar-refractivity contribution is 0.602. The van der Waals surface area contributed by atoms with Crippen LogP contribution in [0.4, 0.5) is 17.1 Å². The fourth-order valence-corrected chi connectivity index (χ4v) is 8.84. The minimum absolute atomic E-state index is 1.14. The van der Waals surface area contributed by atoms with Crippen LogP contribution in [0.25, 0.3) is 72.1 Å². The molecule has 1 heteroatoms. The minimum atomic E-state index is 1.14. The molecule has 0 bridgehead atoms. The molecule has 0 atom stereocenters. The number of hydrogen-bond donors (Lipinski definition) is 0. The van der Waals surface area contributed by atoms with E-state index >= 15 is 0 Å². The van der Waals surface area contributed by atoms with Gasteiger partial charge in [0.05, 0.1) is 5.69 Å². The Bertz CT molecular complexity index is 2820. The molecule has 0 aliphatic heterocycles. The molecule has 0 radical (unpaired) electrons. The van der Waals surface area contributed by atoms with E-state index in [0.717, 1.165) is 11.4 Å². The summed E-state index contributed by atoms with van der Waals surface area (Å²) in [5, 5.41) is 13.0. The molecule has 0 spiro atoms. The zero-order valence-corrected chi connectivity index (χ0v) is 30.1. The molecule has 1 nitrogen and oxygen atoms in total. The quantitative estimate of drug-likeness (QED) is 0.0960. The van der Waals surface area contributed by atoms with Crippen molar-refractivity contribution < 1.29 is 0 Å². The molecule has 1 saturated carbocycles. The fraction of sp³-hybridized carbons (Fsp3) is 0.115. The standard InChI is InChI=1S/C52H41N/c1-35-20-22-36(23-21-35)24-25-37-26-30-41(31-27-37)53(42-32-28-39(29-33-42)34-38-10-3-2-4-11-38)52-46-15-6-5-14-45(46)50-47-18-8-13-40-12-7-16-43(49(40)47)44-17-9-19-48(52)51(44)50/h5-9,12-34H,2-4,10-11H2,1H3/b25-24+. The van der Waals surface area contributed by atoms with E-state index in [0.29, 0.717) is 0 Å². The number of aryl methyl sites for hydroxylation is 1. The summed E-state index contributed by atoms with van der Waals surface area (Å²) < 4.78 is 0. The molecule has 0 aromatic heterocycles. The third kappa shape index (κ3) is 5.56. The SMILES string of the molecule is Cc1ccc(/C=C/c2ccc(N(c3ccc(C=C4CCCCC4)cc3)c3c4ccccc4c4c5cccc6cccc(c7cccc3c74)c65)cc2)cc1. The normalized spacial score (nSPS) is 13.6. The van der Waals surface area contributed by atoms with Gasteiger partial charge in [-0.3, -0.25) is 0 Å². The molecule has 0 amide bonds. The van der Waals surface area contributed by atoms with Crippen molar-refractivity contribution in [3.63, 3.8) is 0 Å². The van der Waals surface area contributed by atoms with E-state index < -0.39 is 0 Å². The van der Waals surface area contributed by atoms with E-state index in [9.17, 15) is 0 Å². The number of hydrogen-bond acceptors (Lipinski definition) is 1. The monoisotopic (exact) mass is 679 g/mol. The Morgan fingerprint density at radius 1 is 0.415 bits per heavy atom. The maximum Gasteiger partial charge on any atom is 0.0619 e. The van der Waals surface area contributed by atoms with Crippen molar-refractivity contribution in [2.75, 3.05) is 4.90 Å². The van der Waals surface area contributed by atoms with Gasteiger partial charge in [0.1, 0.15) is 0 Å². The molecule has 1 aliphatic rings. The van der Waals surface area contributed by atoms with Gasteiger partial charge in [-0.25, -0.2) is 0 Å². The Labute approximate surface area is 311 Å². The van der Waals surface area contributed by atoms with Crippen LogP contribution in [0.1, 0.15) is 54.4 Å². The third-order valence-corrected chi connectivity index (χ3v) is 11.4. The van der Waals surface area contributed by atoms with Crippen LogP contribution in [0.2, 0.25) is 0 Å². The van der Waals surface area contributed by atoms with Gasteiger partial charge in [0.15, 0.2) is 0 Å². The molecular weight excluding hydrogens is 639 g/mol. The van der Waals surface area contributed by atoms with Gasteiger partial charge in [-0.05, 0) is 111 Å². The first-order valence-electron chi connectivity index (χ1n) is 19.1. The van der Waals surface area contributed by atoms with Crippen molar-refractivity contribution >= 4 is 89.2 Å². The number of fused-ring (bicyclic) bond motifs is 4. The second-order valence-electron chi connectivity index (χ2n) is 14.8. The maximum absolute atomic E-state index is 2.50. The average Bonchev–Trinajstić information content (AvgIpc) is 3.21. The van der Waals surface area contributed by atoms with E-state index in [2.05, 4.69) is 182 Å². The van der Waals surface area contributed by atoms with E-state index in [1.807, 2.05) is 0 Å². The number of allylic oxidation sites excluding steroid dienone is 1. The summed E-state index contributed by atoms with van der Waals surface area (Å²) in [6.07, 6.45) is 13.3.